The topological polar surface area (TPSA) is 99.2 Å². The van der Waals surface area contributed by atoms with Gasteiger partial charge in [-0.05, 0) is 96.0 Å². The third kappa shape index (κ3) is 9.33. The number of anilines is 1. The normalized spacial score (nSPS) is 15.7. The van der Waals surface area contributed by atoms with Crippen molar-refractivity contribution in [2.75, 3.05) is 24.6 Å². The van der Waals surface area contributed by atoms with Crippen LogP contribution in [0.2, 0.25) is 0 Å². The highest BCUT2D eigenvalue weighted by molar-refractivity contribution is 7.13. The zero-order valence-electron chi connectivity index (χ0n) is 24.1. The van der Waals surface area contributed by atoms with Gasteiger partial charge in [0.15, 0.2) is 0 Å². The van der Waals surface area contributed by atoms with Gasteiger partial charge in [0.1, 0.15) is 17.7 Å². The Kier molecular flexibility index (Phi) is 11.4. The zero-order chi connectivity index (χ0) is 30.5. The lowest BCUT2D eigenvalue weighted by Gasteiger charge is -2.30. The summed E-state index contributed by atoms with van der Waals surface area (Å²) in [5.41, 5.74) is 5.04. The second-order valence-corrected chi connectivity index (χ2v) is 11.8. The number of nitriles is 3. The minimum atomic E-state index is -0.123. The molecular weight excluding hydrogens is 538 g/mol. The third-order valence-corrected chi connectivity index (χ3v) is 7.59. The Hall–Kier alpha value is -4.92. The largest absolute Gasteiger partial charge is 0.395 e. The predicted octanol–water partition coefficient (Wildman–Crippen LogP) is 8.09. The maximum absolute atomic E-state index is 9.29. The van der Waals surface area contributed by atoms with Crippen LogP contribution >= 0.6 is 11.3 Å². The van der Waals surface area contributed by atoms with Crippen LogP contribution in [0.15, 0.2) is 88.7 Å². The molecule has 0 amide bonds. The van der Waals surface area contributed by atoms with Crippen LogP contribution in [0.4, 0.5) is 5.69 Å². The van der Waals surface area contributed by atoms with E-state index in [0.29, 0.717) is 12.1 Å². The van der Waals surface area contributed by atoms with E-state index in [1.54, 1.807) is 17.4 Å². The first-order valence-electron chi connectivity index (χ1n) is 13.6. The van der Waals surface area contributed by atoms with Gasteiger partial charge in [0, 0.05) is 28.5 Å². The van der Waals surface area contributed by atoms with Gasteiger partial charge in [0.2, 0.25) is 0 Å². The number of rotatable bonds is 10. The van der Waals surface area contributed by atoms with Crippen LogP contribution in [0, 0.1) is 46.0 Å². The molecule has 1 aliphatic rings. The first-order valence-corrected chi connectivity index (χ1v) is 14.4. The highest BCUT2D eigenvalue weighted by Crippen LogP contribution is 2.40. The summed E-state index contributed by atoms with van der Waals surface area (Å²) in [4.78, 5) is 7.27. The van der Waals surface area contributed by atoms with E-state index >= 15 is 0 Å². The van der Waals surface area contributed by atoms with Crippen LogP contribution in [-0.4, -0.2) is 24.8 Å². The van der Waals surface area contributed by atoms with Crippen molar-refractivity contribution in [1.82, 2.24) is 0 Å². The molecule has 6 nitrogen and oxygen atoms in total. The van der Waals surface area contributed by atoms with Crippen molar-refractivity contribution in [2.45, 2.75) is 33.6 Å². The molecule has 1 heterocycles. The fourth-order valence-corrected chi connectivity index (χ4v) is 5.75. The number of hydrogen-bond donors (Lipinski definition) is 1. The quantitative estimate of drug-likeness (QED) is 0.176. The SMILES string of the molecule is [C-]#[N+]C(C#N)=CC(C=C(C#N)C#N)=Cc1ccc(C=C2C=C(C=Cc3ccc(N(CC)CCO)cc3)CC(C)(C)C2)s1. The van der Waals surface area contributed by atoms with E-state index < -0.39 is 0 Å². The second-order valence-electron chi connectivity index (χ2n) is 10.6. The summed E-state index contributed by atoms with van der Waals surface area (Å²) in [7, 11) is 0. The van der Waals surface area contributed by atoms with E-state index in [0.717, 1.165) is 40.4 Å². The molecule has 0 saturated heterocycles. The van der Waals surface area contributed by atoms with Gasteiger partial charge in [-0.1, -0.05) is 44.2 Å². The Labute approximate surface area is 252 Å². The minimum Gasteiger partial charge on any atom is -0.395 e. The van der Waals surface area contributed by atoms with Crippen LogP contribution in [0.25, 0.3) is 23.1 Å². The summed E-state index contributed by atoms with van der Waals surface area (Å²) in [5, 5.41) is 36.8. The van der Waals surface area contributed by atoms with Crippen molar-refractivity contribution in [3.63, 3.8) is 0 Å². The number of hydrogen-bond acceptors (Lipinski definition) is 6. The minimum absolute atomic E-state index is 0.102. The molecule has 42 heavy (non-hydrogen) atoms. The number of aliphatic hydroxyl groups excluding tert-OH is 1. The number of aliphatic hydroxyl groups is 1. The van der Waals surface area contributed by atoms with Gasteiger partial charge in [-0.2, -0.15) is 10.5 Å². The van der Waals surface area contributed by atoms with Crippen molar-refractivity contribution in [3.05, 3.63) is 115 Å². The fraction of sp³-hybridized carbons (Fsp3) is 0.257. The molecule has 7 heteroatoms. The van der Waals surface area contributed by atoms with E-state index in [-0.39, 0.29) is 23.3 Å². The highest BCUT2D eigenvalue weighted by atomic mass is 32.1. The maximum Gasteiger partial charge on any atom is 0.262 e. The average molecular weight is 572 g/mol. The molecule has 0 bridgehead atoms. The summed E-state index contributed by atoms with van der Waals surface area (Å²) >= 11 is 1.56. The molecule has 1 aliphatic carbocycles. The molecule has 0 saturated carbocycles. The van der Waals surface area contributed by atoms with Crippen LogP contribution in [-0.2, 0) is 0 Å². The second kappa shape index (κ2) is 15.2. The number of allylic oxidation sites excluding steroid dienone is 9. The summed E-state index contributed by atoms with van der Waals surface area (Å²) in [5.74, 6) is 0. The molecule has 1 aromatic carbocycles. The van der Waals surface area contributed by atoms with Gasteiger partial charge in [-0.15, -0.1) is 11.3 Å². The molecule has 1 aromatic heterocycles. The maximum atomic E-state index is 9.29. The number of benzene rings is 1. The standard InChI is InChI=1S/C35H33N5OS/c1-5-40(14-15-41)32-10-8-26(9-11-32)6-7-27-16-29(22-35(2,3)21-27)20-34-13-12-33(42-34)19-28(17-30(23-36)24-37)18-31(25-38)39-4/h6-13,16-20,41H,5,14-15,21-22H2,1-3H3. The Balaban J connectivity index is 1.87. The van der Waals surface area contributed by atoms with E-state index in [1.165, 1.54) is 23.3 Å². The van der Waals surface area contributed by atoms with Crippen molar-refractivity contribution in [2.24, 2.45) is 5.41 Å². The molecule has 210 valence electrons. The van der Waals surface area contributed by atoms with Gasteiger partial charge >= 0.3 is 0 Å². The fourth-order valence-electron chi connectivity index (χ4n) is 4.80. The lowest BCUT2D eigenvalue weighted by atomic mass is 9.75. The smallest absolute Gasteiger partial charge is 0.262 e. The van der Waals surface area contributed by atoms with Crippen LogP contribution < -0.4 is 4.90 Å². The molecule has 0 unspecified atom stereocenters. The van der Waals surface area contributed by atoms with Gasteiger partial charge < -0.3 is 10.0 Å². The molecule has 1 N–H and O–H groups in total. The molecular formula is C35H33N5OS. The highest BCUT2D eigenvalue weighted by Gasteiger charge is 2.24. The van der Waals surface area contributed by atoms with Crippen molar-refractivity contribution in [3.8, 4) is 18.2 Å². The summed E-state index contributed by atoms with van der Waals surface area (Å²) in [6.45, 7) is 15.4. The zero-order valence-corrected chi connectivity index (χ0v) is 24.9. The first-order chi connectivity index (χ1) is 20.2. The van der Waals surface area contributed by atoms with Gasteiger partial charge in [0.25, 0.3) is 5.70 Å². The average Bonchev–Trinajstić information content (AvgIpc) is 3.41. The molecule has 0 atom stereocenters. The Morgan fingerprint density at radius 2 is 1.74 bits per heavy atom. The van der Waals surface area contributed by atoms with Crippen LogP contribution in [0.5, 0.6) is 0 Å². The Morgan fingerprint density at radius 1 is 1.02 bits per heavy atom. The van der Waals surface area contributed by atoms with Crippen LogP contribution in [0.3, 0.4) is 0 Å². The monoisotopic (exact) mass is 571 g/mol. The molecule has 2 aromatic rings. The summed E-state index contributed by atoms with van der Waals surface area (Å²) < 4.78 is 0. The third-order valence-electron chi connectivity index (χ3n) is 6.61. The molecule has 0 fully saturated rings. The van der Waals surface area contributed by atoms with E-state index in [4.69, 9.17) is 22.4 Å². The molecule has 0 aliphatic heterocycles. The molecule has 3 rings (SSSR count). The van der Waals surface area contributed by atoms with Crippen LogP contribution in [0.1, 0.15) is 48.9 Å². The van der Waals surface area contributed by atoms with Crippen molar-refractivity contribution >= 4 is 35.3 Å². The first kappa shape index (κ1) is 31.6. The Bertz CT molecular complexity index is 1560. The van der Waals surface area contributed by atoms with Gasteiger partial charge in [0.05, 0.1) is 19.2 Å². The number of thiophene rings is 1. The number of nitrogens with zero attached hydrogens (tertiary/aromatic N) is 5. The van der Waals surface area contributed by atoms with E-state index in [1.807, 2.05) is 30.3 Å². The van der Waals surface area contributed by atoms with Gasteiger partial charge in [-0.3, -0.25) is 0 Å². The molecule has 0 radical (unpaired) electrons. The molecule has 0 spiro atoms. The lowest BCUT2D eigenvalue weighted by Crippen LogP contribution is -2.25. The van der Waals surface area contributed by atoms with Crippen molar-refractivity contribution in [1.29, 1.82) is 15.8 Å². The van der Waals surface area contributed by atoms with Gasteiger partial charge in [-0.25, -0.2) is 10.1 Å². The number of likely N-dealkylation sites (N-methyl/N-ethyl adjacent to an activating group) is 1. The summed E-state index contributed by atoms with van der Waals surface area (Å²) in [6, 6.07) is 17.8. The van der Waals surface area contributed by atoms with E-state index in [9.17, 15) is 5.11 Å². The summed E-state index contributed by atoms with van der Waals surface area (Å²) in [6.07, 6.45) is 15.2. The van der Waals surface area contributed by atoms with E-state index in [2.05, 4.69) is 79.1 Å². The van der Waals surface area contributed by atoms with Crippen molar-refractivity contribution < 1.29 is 5.11 Å². The lowest BCUT2D eigenvalue weighted by molar-refractivity contribution is 0.302. The predicted molar refractivity (Wildman–Crippen MR) is 171 cm³/mol. The Morgan fingerprint density at radius 3 is 2.36 bits per heavy atom.